The van der Waals surface area contributed by atoms with Crippen LogP contribution in [0.1, 0.15) is 55.9 Å². The number of hydrogen-bond donors (Lipinski definition) is 1. The zero-order valence-corrected chi connectivity index (χ0v) is 16.0. The molecular weight excluding hydrogens is 320 g/mol. The third-order valence-corrected chi connectivity index (χ3v) is 5.49. The molecule has 2 heteroatoms. The number of aryl methyl sites for hydroxylation is 1. The molecule has 1 atom stereocenters. The fourth-order valence-corrected chi connectivity index (χ4v) is 4.09. The second kappa shape index (κ2) is 6.05. The summed E-state index contributed by atoms with van der Waals surface area (Å²) in [6.07, 6.45) is 9.58. The quantitative estimate of drug-likeness (QED) is 0.574. The summed E-state index contributed by atoms with van der Waals surface area (Å²) in [5, 5.41) is 9.82. The molecule has 134 valence electrons. The standard InChI is InChI=1S/C24H26O2/c1-15(2)6-5-10-24(4)11-9-20-22-14-17-13-18(25)7-8-19(17)21(22)12-16(3)23(20)26-24/h6-9,11-13,25H,5,10,14H2,1-4H3. The summed E-state index contributed by atoms with van der Waals surface area (Å²) in [4.78, 5) is 0. The number of allylic oxidation sites excluding steroid dienone is 2. The van der Waals surface area contributed by atoms with Crippen LogP contribution in [0.4, 0.5) is 0 Å². The zero-order valence-electron chi connectivity index (χ0n) is 16.0. The third kappa shape index (κ3) is 2.84. The Morgan fingerprint density at radius 1 is 1.23 bits per heavy atom. The average molecular weight is 346 g/mol. The van der Waals surface area contributed by atoms with Crippen molar-refractivity contribution in [3.05, 3.63) is 64.2 Å². The van der Waals surface area contributed by atoms with Crippen LogP contribution in [0, 0.1) is 6.92 Å². The van der Waals surface area contributed by atoms with Gasteiger partial charge in [-0.15, -0.1) is 0 Å². The van der Waals surface area contributed by atoms with Crippen LogP contribution >= 0.6 is 0 Å². The molecule has 0 spiro atoms. The van der Waals surface area contributed by atoms with Crippen LogP contribution in [0.5, 0.6) is 11.5 Å². The molecule has 0 radical (unpaired) electrons. The molecule has 26 heavy (non-hydrogen) atoms. The van der Waals surface area contributed by atoms with E-state index in [0.717, 1.165) is 25.0 Å². The van der Waals surface area contributed by atoms with Gasteiger partial charge < -0.3 is 9.84 Å². The van der Waals surface area contributed by atoms with Gasteiger partial charge in [0, 0.05) is 5.56 Å². The lowest BCUT2D eigenvalue weighted by atomic mass is 9.90. The molecule has 0 amide bonds. The lowest BCUT2D eigenvalue weighted by molar-refractivity contribution is 0.127. The minimum absolute atomic E-state index is 0.262. The molecule has 4 rings (SSSR count). The first-order valence-electron chi connectivity index (χ1n) is 9.37. The van der Waals surface area contributed by atoms with Crippen LogP contribution in [-0.4, -0.2) is 10.7 Å². The maximum atomic E-state index is 9.82. The average Bonchev–Trinajstić information content (AvgIpc) is 2.92. The molecule has 1 aliphatic heterocycles. The van der Waals surface area contributed by atoms with Gasteiger partial charge in [0.1, 0.15) is 17.1 Å². The Balaban J connectivity index is 1.71. The van der Waals surface area contributed by atoms with Crippen LogP contribution in [0.3, 0.4) is 0 Å². The van der Waals surface area contributed by atoms with Crippen LogP contribution < -0.4 is 4.74 Å². The molecule has 0 saturated heterocycles. The minimum Gasteiger partial charge on any atom is -0.508 e. The van der Waals surface area contributed by atoms with E-state index in [9.17, 15) is 5.11 Å². The van der Waals surface area contributed by atoms with Gasteiger partial charge in [-0.25, -0.2) is 0 Å². The van der Waals surface area contributed by atoms with Crippen LogP contribution in [0.15, 0.2) is 42.0 Å². The Labute approximate surface area is 155 Å². The van der Waals surface area contributed by atoms with Crippen molar-refractivity contribution in [2.24, 2.45) is 0 Å². The number of hydrogen-bond acceptors (Lipinski definition) is 2. The Bertz CT molecular complexity index is 945. The molecule has 2 aromatic rings. The summed E-state index contributed by atoms with van der Waals surface area (Å²) in [5.74, 6) is 1.35. The molecule has 1 aliphatic carbocycles. The number of fused-ring (bicyclic) bond motifs is 5. The number of aromatic hydroxyl groups is 1. The van der Waals surface area contributed by atoms with E-state index in [1.54, 1.807) is 6.07 Å². The topological polar surface area (TPSA) is 29.5 Å². The lowest BCUT2D eigenvalue weighted by Gasteiger charge is -2.33. The normalized spacial score (nSPS) is 19.4. The highest BCUT2D eigenvalue weighted by Crippen LogP contribution is 2.47. The van der Waals surface area contributed by atoms with Gasteiger partial charge >= 0.3 is 0 Å². The number of rotatable bonds is 3. The van der Waals surface area contributed by atoms with Crippen molar-refractivity contribution in [3.63, 3.8) is 0 Å². The largest absolute Gasteiger partial charge is 0.508 e. The summed E-state index contributed by atoms with van der Waals surface area (Å²) in [6.45, 7) is 8.58. The van der Waals surface area contributed by atoms with Gasteiger partial charge in [-0.05, 0) is 99.0 Å². The maximum Gasteiger partial charge on any atom is 0.131 e. The second-order valence-electron chi connectivity index (χ2n) is 8.05. The first kappa shape index (κ1) is 17.0. The van der Waals surface area contributed by atoms with Crippen molar-refractivity contribution in [1.82, 2.24) is 0 Å². The van der Waals surface area contributed by atoms with E-state index in [1.807, 2.05) is 12.1 Å². The van der Waals surface area contributed by atoms with Crippen LogP contribution in [0.2, 0.25) is 0 Å². The fraction of sp³-hybridized carbons (Fsp3) is 0.333. The molecule has 1 heterocycles. The molecule has 1 N–H and O–H groups in total. The van der Waals surface area contributed by atoms with Crippen molar-refractivity contribution >= 4 is 6.08 Å². The Morgan fingerprint density at radius 2 is 2.04 bits per heavy atom. The van der Waals surface area contributed by atoms with Crippen molar-refractivity contribution in [2.45, 2.75) is 52.6 Å². The zero-order chi connectivity index (χ0) is 18.5. The van der Waals surface area contributed by atoms with Gasteiger partial charge in [0.25, 0.3) is 0 Å². The highest BCUT2D eigenvalue weighted by molar-refractivity contribution is 5.84. The van der Waals surface area contributed by atoms with Gasteiger partial charge in [-0.1, -0.05) is 23.8 Å². The van der Waals surface area contributed by atoms with Crippen LogP contribution in [0.25, 0.3) is 17.2 Å². The van der Waals surface area contributed by atoms with E-state index in [1.165, 1.54) is 39.0 Å². The molecule has 0 saturated carbocycles. The number of ether oxygens (including phenoxy) is 1. The molecule has 2 aromatic carbocycles. The summed E-state index contributed by atoms with van der Waals surface area (Å²) in [5.41, 5.74) is 8.48. The first-order valence-corrected chi connectivity index (χ1v) is 9.37. The lowest BCUT2D eigenvalue weighted by Crippen LogP contribution is -2.32. The molecular formula is C24H26O2. The van der Waals surface area contributed by atoms with Crippen molar-refractivity contribution < 1.29 is 9.84 Å². The monoisotopic (exact) mass is 346 g/mol. The maximum absolute atomic E-state index is 9.82. The molecule has 1 unspecified atom stereocenters. The summed E-state index contributed by atoms with van der Waals surface area (Å²) in [6, 6.07) is 7.93. The van der Waals surface area contributed by atoms with Crippen molar-refractivity contribution in [2.75, 3.05) is 0 Å². The van der Waals surface area contributed by atoms with E-state index >= 15 is 0 Å². The second-order valence-corrected chi connectivity index (χ2v) is 8.05. The molecule has 2 aliphatic rings. The highest BCUT2D eigenvalue weighted by Gasteiger charge is 2.32. The van der Waals surface area contributed by atoms with E-state index < -0.39 is 0 Å². The Hall–Kier alpha value is -2.48. The smallest absolute Gasteiger partial charge is 0.131 e. The molecule has 0 aromatic heterocycles. The van der Waals surface area contributed by atoms with E-state index in [0.29, 0.717) is 5.75 Å². The van der Waals surface area contributed by atoms with Gasteiger partial charge in [0.05, 0.1) is 0 Å². The van der Waals surface area contributed by atoms with Gasteiger partial charge in [-0.2, -0.15) is 0 Å². The van der Waals surface area contributed by atoms with E-state index in [-0.39, 0.29) is 5.60 Å². The third-order valence-electron chi connectivity index (χ3n) is 5.49. The van der Waals surface area contributed by atoms with E-state index in [4.69, 9.17) is 4.74 Å². The summed E-state index contributed by atoms with van der Waals surface area (Å²) < 4.78 is 6.51. The number of benzene rings is 2. The summed E-state index contributed by atoms with van der Waals surface area (Å²) in [7, 11) is 0. The molecule has 0 fully saturated rings. The Morgan fingerprint density at radius 3 is 2.81 bits per heavy atom. The number of phenolic OH excluding ortho intramolecular Hbond substituents is 1. The summed E-state index contributed by atoms with van der Waals surface area (Å²) >= 11 is 0. The SMILES string of the molecule is CC(C)=CCCC1(C)C=Cc2c3c(cc(C)c2O1)-c1ccc(O)cc1C3. The highest BCUT2D eigenvalue weighted by atomic mass is 16.5. The Kier molecular flexibility index (Phi) is 3.95. The predicted octanol–water partition coefficient (Wildman–Crippen LogP) is 6.18. The van der Waals surface area contributed by atoms with Gasteiger partial charge in [0.2, 0.25) is 0 Å². The molecule has 2 nitrogen and oxygen atoms in total. The predicted molar refractivity (Wildman–Crippen MR) is 108 cm³/mol. The minimum atomic E-state index is -0.262. The molecule has 0 bridgehead atoms. The first-order chi connectivity index (χ1) is 12.4. The fourth-order valence-electron chi connectivity index (χ4n) is 4.09. The van der Waals surface area contributed by atoms with Crippen molar-refractivity contribution in [3.8, 4) is 22.6 Å². The van der Waals surface area contributed by atoms with Gasteiger partial charge in [-0.3, -0.25) is 0 Å². The van der Waals surface area contributed by atoms with Crippen LogP contribution in [-0.2, 0) is 6.42 Å². The van der Waals surface area contributed by atoms with Gasteiger partial charge in [0.15, 0.2) is 0 Å². The van der Waals surface area contributed by atoms with Crippen molar-refractivity contribution in [1.29, 1.82) is 0 Å². The van der Waals surface area contributed by atoms with E-state index in [2.05, 4.69) is 52.0 Å². The number of phenols is 1.